The number of nitrogens with zero attached hydrogens (tertiary/aromatic N) is 6. The third-order valence-corrected chi connectivity index (χ3v) is 6.72. The molecule has 8 heteroatoms. The summed E-state index contributed by atoms with van der Waals surface area (Å²) in [6.45, 7) is 5.03. The van der Waals surface area contributed by atoms with Gasteiger partial charge in [-0.3, -0.25) is 0 Å². The summed E-state index contributed by atoms with van der Waals surface area (Å²) in [5, 5.41) is 17.9. The van der Waals surface area contributed by atoms with Crippen LogP contribution >= 0.6 is 0 Å². The fourth-order valence-electron chi connectivity index (χ4n) is 5.18. The van der Waals surface area contributed by atoms with Crippen molar-refractivity contribution < 1.29 is 0 Å². The summed E-state index contributed by atoms with van der Waals surface area (Å²) in [5.74, 6) is 2.11. The molecule has 4 heterocycles. The number of aromatic nitrogens is 5. The monoisotopic (exact) mass is 428 g/mol. The lowest BCUT2D eigenvalue weighted by molar-refractivity contribution is 0.481. The third kappa shape index (κ3) is 3.44. The van der Waals surface area contributed by atoms with E-state index in [1.54, 1.807) is 0 Å². The van der Waals surface area contributed by atoms with E-state index in [9.17, 15) is 0 Å². The van der Waals surface area contributed by atoms with Crippen molar-refractivity contribution in [2.45, 2.75) is 44.7 Å². The SMILES string of the molecule is C[C@H]1CN(c2ccc(Nc3ncc4c5ccccc5n(C5CCCC5)c4n3)nn2)CCN1. The van der Waals surface area contributed by atoms with Crippen LogP contribution < -0.4 is 15.5 Å². The fraction of sp³-hybridized carbons (Fsp3) is 0.417. The Morgan fingerprint density at radius 3 is 2.72 bits per heavy atom. The maximum atomic E-state index is 4.93. The Labute approximate surface area is 187 Å². The molecule has 3 aromatic heterocycles. The molecule has 0 amide bonds. The van der Waals surface area contributed by atoms with E-state index in [0.29, 0.717) is 23.8 Å². The second-order valence-electron chi connectivity index (χ2n) is 8.96. The number of piperazine rings is 1. The smallest absolute Gasteiger partial charge is 0.230 e. The zero-order chi connectivity index (χ0) is 21.5. The molecule has 1 aliphatic carbocycles. The Kier molecular flexibility index (Phi) is 4.87. The molecular weight excluding hydrogens is 400 g/mol. The number of fused-ring (bicyclic) bond motifs is 3. The van der Waals surface area contributed by atoms with E-state index < -0.39 is 0 Å². The molecule has 32 heavy (non-hydrogen) atoms. The van der Waals surface area contributed by atoms with Crippen molar-refractivity contribution in [2.24, 2.45) is 0 Å². The van der Waals surface area contributed by atoms with Gasteiger partial charge in [0, 0.05) is 48.7 Å². The van der Waals surface area contributed by atoms with Gasteiger partial charge in [-0.1, -0.05) is 31.0 Å². The van der Waals surface area contributed by atoms with E-state index in [0.717, 1.165) is 36.5 Å². The van der Waals surface area contributed by atoms with Crippen LogP contribution in [0.5, 0.6) is 0 Å². The Morgan fingerprint density at radius 1 is 1.03 bits per heavy atom. The third-order valence-electron chi connectivity index (χ3n) is 6.72. The number of rotatable bonds is 4. The van der Waals surface area contributed by atoms with Crippen molar-refractivity contribution in [3.63, 3.8) is 0 Å². The van der Waals surface area contributed by atoms with Crippen molar-refractivity contribution in [3.05, 3.63) is 42.6 Å². The van der Waals surface area contributed by atoms with Crippen LogP contribution in [0.4, 0.5) is 17.6 Å². The molecule has 2 N–H and O–H groups in total. The first-order valence-corrected chi connectivity index (χ1v) is 11.6. The van der Waals surface area contributed by atoms with E-state index in [1.807, 2.05) is 18.3 Å². The maximum absolute atomic E-state index is 4.93. The number of hydrogen-bond donors (Lipinski definition) is 2. The van der Waals surface area contributed by atoms with Gasteiger partial charge in [0.05, 0.1) is 5.52 Å². The van der Waals surface area contributed by atoms with E-state index >= 15 is 0 Å². The lowest BCUT2D eigenvalue weighted by atomic mass is 10.2. The minimum atomic E-state index is 0.454. The molecule has 2 aliphatic rings. The van der Waals surface area contributed by atoms with Gasteiger partial charge in [0.15, 0.2) is 11.6 Å². The number of hydrogen-bond acceptors (Lipinski definition) is 7. The first kappa shape index (κ1) is 19.4. The second-order valence-corrected chi connectivity index (χ2v) is 8.96. The van der Waals surface area contributed by atoms with Gasteiger partial charge in [0.25, 0.3) is 0 Å². The van der Waals surface area contributed by atoms with Gasteiger partial charge in [-0.15, -0.1) is 10.2 Å². The number of anilines is 3. The maximum Gasteiger partial charge on any atom is 0.230 e. The zero-order valence-electron chi connectivity index (χ0n) is 18.3. The molecule has 0 spiro atoms. The highest BCUT2D eigenvalue weighted by molar-refractivity contribution is 6.06. The molecule has 1 atom stereocenters. The molecular formula is C24H28N8. The quantitative estimate of drug-likeness (QED) is 0.508. The Hall–Kier alpha value is -3.26. The first-order valence-electron chi connectivity index (χ1n) is 11.6. The van der Waals surface area contributed by atoms with Crippen LogP contribution in [0.1, 0.15) is 38.6 Å². The fourth-order valence-corrected chi connectivity index (χ4v) is 5.18. The van der Waals surface area contributed by atoms with Gasteiger partial charge in [0.2, 0.25) is 5.95 Å². The van der Waals surface area contributed by atoms with E-state index in [2.05, 4.69) is 66.5 Å². The predicted octanol–water partition coefficient (Wildman–Crippen LogP) is 4.03. The number of benzene rings is 1. The summed E-state index contributed by atoms with van der Waals surface area (Å²) in [5.41, 5.74) is 2.24. The van der Waals surface area contributed by atoms with Crippen molar-refractivity contribution in [1.82, 2.24) is 30.0 Å². The molecule has 8 nitrogen and oxygen atoms in total. The normalized spacial score (nSPS) is 19.8. The molecule has 6 rings (SSSR count). The molecule has 1 aliphatic heterocycles. The molecule has 2 fully saturated rings. The predicted molar refractivity (Wildman–Crippen MR) is 128 cm³/mol. The number of para-hydroxylation sites is 1. The van der Waals surface area contributed by atoms with E-state index in [1.165, 1.54) is 36.6 Å². The van der Waals surface area contributed by atoms with Crippen molar-refractivity contribution in [3.8, 4) is 0 Å². The van der Waals surface area contributed by atoms with Gasteiger partial charge in [0.1, 0.15) is 5.65 Å². The highest BCUT2D eigenvalue weighted by atomic mass is 15.3. The van der Waals surface area contributed by atoms with Crippen LogP contribution in [0.2, 0.25) is 0 Å². The average molecular weight is 429 g/mol. The van der Waals surface area contributed by atoms with Crippen LogP contribution in [0.15, 0.2) is 42.6 Å². The summed E-state index contributed by atoms with van der Waals surface area (Å²) < 4.78 is 2.42. The van der Waals surface area contributed by atoms with E-state index in [-0.39, 0.29) is 0 Å². The molecule has 1 saturated carbocycles. The summed E-state index contributed by atoms with van der Waals surface area (Å²) in [7, 11) is 0. The van der Waals surface area contributed by atoms with Crippen molar-refractivity contribution in [1.29, 1.82) is 0 Å². The molecule has 0 radical (unpaired) electrons. The zero-order valence-corrected chi connectivity index (χ0v) is 18.3. The molecule has 0 unspecified atom stereocenters. The Balaban J connectivity index is 1.31. The Morgan fingerprint density at radius 2 is 1.91 bits per heavy atom. The largest absolute Gasteiger partial charge is 0.352 e. The van der Waals surface area contributed by atoms with Gasteiger partial charge in [-0.25, -0.2) is 4.98 Å². The minimum absolute atomic E-state index is 0.454. The van der Waals surface area contributed by atoms with Crippen molar-refractivity contribution >= 4 is 39.5 Å². The summed E-state index contributed by atoms with van der Waals surface area (Å²) in [6, 6.07) is 13.5. The van der Waals surface area contributed by atoms with Crippen LogP contribution in [-0.2, 0) is 0 Å². The van der Waals surface area contributed by atoms with Gasteiger partial charge in [-0.05, 0) is 38.0 Å². The van der Waals surface area contributed by atoms with E-state index in [4.69, 9.17) is 4.98 Å². The van der Waals surface area contributed by atoms with Crippen LogP contribution in [0.3, 0.4) is 0 Å². The van der Waals surface area contributed by atoms with Gasteiger partial charge < -0.3 is 20.1 Å². The molecule has 4 aromatic rings. The van der Waals surface area contributed by atoms with Crippen LogP contribution in [0, 0.1) is 0 Å². The van der Waals surface area contributed by atoms with Crippen molar-refractivity contribution in [2.75, 3.05) is 29.9 Å². The lowest BCUT2D eigenvalue weighted by Crippen LogP contribution is -2.49. The molecule has 0 bridgehead atoms. The van der Waals surface area contributed by atoms with Crippen LogP contribution in [0.25, 0.3) is 21.9 Å². The van der Waals surface area contributed by atoms with Crippen LogP contribution in [-0.4, -0.2) is 50.4 Å². The first-order chi connectivity index (χ1) is 15.8. The van der Waals surface area contributed by atoms with Gasteiger partial charge >= 0.3 is 0 Å². The lowest BCUT2D eigenvalue weighted by Gasteiger charge is -2.32. The Bertz CT molecular complexity index is 1240. The standard InChI is InChI=1S/C24H28N8/c1-16-15-31(13-12-25-16)22-11-10-21(29-30-22)27-24-26-14-19-18-8-4-5-9-20(18)32(23(19)28-24)17-6-2-3-7-17/h4-5,8-11,14,16-17,25H,2-3,6-7,12-13,15H2,1H3,(H,26,27,28,29)/t16-/m0/s1. The molecule has 164 valence electrons. The molecule has 1 aromatic carbocycles. The van der Waals surface area contributed by atoms with Gasteiger partial charge in [-0.2, -0.15) is 4.98 Å². The minimum Gasteiger partial charge on any atom is -0.352 e. The highest BCUT2D eigenvalue weighted by Crippen LogP contribution is 2.37. The summed E-state index contributed by atoms with van der Waals surface area (Å²) >= 11 is 0. The summed E-state index contributed by atoms with van der Waals surface area (Å²) in [6.07, 6.45) is 6.91. The summed E-state index contributed by atoms with van der Waals surface area (Å²) in [4.78, 5) is 11.8. The highest BCUT2D eigenvalue weighted by Gasteiger charge is 2.23. The average Bonchev–Trinajstić information content (AvgIpc) is 3.45. The topological polar surface area (TPSA) is 83.8 Å². The number of nitrogens with one attached hydrogen (secondary N) is 2. The second kappa shape index (κ2) is 8.02. The molecule has 1 saturated heterocycles.